The molecule has 0 atom stereocenters. The van der Waals surface area contributed by atoms with Gasteiger partial charge in [-0.1, -0.05) is 12.8 Å². The summed E-state index contributed by atoms with van der Waals surface area (Å²) in [7, 11) is -3.67. The molecule has 170 valence electrons. The molecular formula is C24H34N2O3S2. The Balaban J connectivity index is 1.42. The zero-order valence-corrected chi connectivity index (χ0v) is 20.1. The number of amides is 1. The third-order valence-electron chi connectivity index (χ3n) is 7.99. The number of carbonyl (C=O) groups excluding carboxylic acids is 1. The Labute approximate surface area is 190 Å². The molecule has 4 saturated carbocycles. The first-order valence-electron chi connectivity index (χ1n) is 11.9. The Morgan fingerprint density at radius 1 is 1.00 bits per heavy atom. The molecule has 1 aliphatic heterocycles. The third-order valence-corrected chi connectivity index (χ3v) is 10.4. The van der Waals surface area contributed by atoms with Crippen molar-refractivity contribution in [2.24, 2.45) is 17.8 Å². The molecule has 1 saturated heterocycles. The van der Waals surface area contributed by atoms with Gasteiger partial charge >= 0.3 is 0 Å². The Hall–Kier alpha value is -1.05. The van der Waals surface area contributed by atoms with E-state index in [0.717, 1.165) is 62.9 Å². The second-order valence-electron chi connectivity index (χ2n) is 10.4. The summed E-state index contributed by atoms with van der Waals surface area (Å²) in [6.45, 7) is 1.52. The molecule has 0 unspecified atom stereocenters. The third kappa shape index (κ3) is 4.30. The number of thioether (sulfide) groups is 1. The van der Waals surface area contributed by atoms with Crippen molar-refractivity contribution >= 4 is 27.7 Å². The van der Waals surface area contributed by atoms with Crippen LogP contribution in [-0.2, 0) is 10.0 Å². The van der Waals surface area contributed by atoms with Crippen LogP contribution in [0.5, 0.6) is 0 Å². The van der Waals surface area contributed by atoms with Gasteiger partial charge in [0.25, 0.3) is 5.91 Å². The minimum absolute atomic E-state index is 0.0295. The lowest BCUT2D eigenvalue weighted by molar-refractivity contribution is -0.00810. The zero-order valence-electron chi connectivity index (χ0n) is 18.4. The van der Waals surface area contributed by atoms with Crippen LogP contribution in [0.4, 0.5) is 0 Å². The minimum Gasteiger partial charge on any atom is -0.339 e. The van der Waals surface area contributed by atoms with Crippen LogP contribution < -0.4 is 4.72 Å². The molecule has 5 aliphatic rings. The fourth-order valence-corrected chi connectivity index (χ4v) is 9.07. The van der Waals surface area contributed by atoms with Gasteiger partial charge in [0.1, 0.15) is 0 Å². The molecule has 0 spiro atoms. The fraction of sp³-hybridized carbons (Fsp3) is 0.708. The van der Waals surface area contributed by atoms with E-state index < -0.39 is 10.0 Å². The number of carbonyl (C=O) groups is 1. The SMILES string of the molecule is CSc1ccc(S(=O)(=O)NC23CC4CC(CC(C4)C2)C3)cc1C(=O)N1CCCCCC1. The predicted octanol–water partition coefficient (Wildman–Crippen LogP) is 4.67. The van der Waals surface area contributed by atoms with E-state index in [1.54, 1.807) is 12.1 Å². The largest absolute Gasteiger partial charge is 0.339 e. The molecule has 6 rings (SSSR count). The lowest BCUT2D eigenvalue weighted by Crippen LogP contribution is -2.59. The summed E-state index contributed by atoms with van der Waals surface area (Å²) in [6.07, 6.45) is 13.0. The van der Waals surface area contributed by atoms with Crippen LogP contribution >= 0.6 is 11.8 Å². The zero-order chi connectivity index (χ0) is 21.6. The summed E-state index contributed by atoms with van der Waals surface area (Å²) in [5.74, 6) is 1.99. The van der Waals surface area contributed by atoms with Crippen LogP contribution in [0, 0.1) is 17.8 Å². The van der Waals surface area contributed by atoms with Crippen LogP contribution in [0.3, 0.4) is 0 Å². The molecular weight excluding hydrogens is 428 g/mol. The second kappa shape index (κ2) is 8.38. The number of nitrogens with one attached hydrogen (secondary N) is 1. The van der Waals surface area contributed by atoms with Crippen molar-refractivity contribution in [1.82, 2.24) is 9.62 Å². The molecule has 4 bridgehead atoms. The lowest BCUT2D eigenvalue weighted by Gasteiger charge is -2.56. The molecule has 5 nitrogen and oxygen atoms in total. The van der Waals surface area contributed by atoms with E-state index in [1.165, 1.54) is 31.0 Å². The molecule has 5 fully saturated rings. The van der Waals surface area contributed by atoms with Gasteiger partial charge in [-0.25, -0.2) is 13.1 Å². The minimum atomic E-state index is -3.67. The van der Waals surface area contributed by atoms with Gasteiger partial charge in [0, 0.05) is 23.5 Å². The average molecular weight is 463 g/mol. The standard InChI is InChI=1S/C24H34N2O3S2/c1-30-22-7-6-20(13-21(22)23(27)26-8-4-2-3-5-9-26)31(28,29)25-24-14-17-10-18(15-24)12-19(11-17)16-24/h6-7,13,17-19,25H,2-5,8-12,14-16H2,1H3. The first kappa shape index (κ1) is 21.8. The maximum absolute atomic E-state index is 13.5. The maximum Gasteiger partial charge on any atom is 0.255 e. The molecule has 1 aromatic rings. The van der Waals surface area contributed by atoms with E-state index in [0.29, 0.717) is 23.3 Å². The van der Waals surface area contributed by atoms with Crippen molar-refractivity contribution in [2.45, 2.75) is 79.5 Å². The topological polar surface area (TPSA) is 66.5 Å². The van der Waals surface area contributed by atoms with E-state index in [4.69, 9.17) is 0 Å². The monoisotopic (exact) mass is 462 g/mol. The van der Waals surface area contributed by atoms with Gasteiger partial charge in [-0.15, -0.1) is 11.8 Å². The fourth-order valence-electron chi connectivity index (χ4n) is 7.05. The van der Waals surface area contributed by atoms with Crippen LogP contribution in [0.1, 0.15) is 74.6 Å². The normalized spacial score (nSPS) is 32.8. The van der Waals surface area contributed by atoms with Crippen molar-refractivity contribution in [1.29, 1.82) is 0 Å². The lowest BCUT2D eigenvalue weighted by atomic mass is 9.53. The Bertz CT molecular complexity index is 916. The van der Waals surface area contributed by atoms with Crippen molar-refractivity contribution in [3.05, 3.63) is 23.8 Å². The van der Waals surface area contributed by atoms with E-state index in [1.807, 2.05) is 17.2 Å². The summed E-state index contributed by atoms with van der Waals surface area (Å²) in [5.41, 5.74) is 0.253. The molecule has 4 aliphatic carbocycles. The van der Waals surface area contributed by atoms with Gasteiger partial charge in [-0.05, 0) is 93.6 Å². The summed E-state index contributed by atoms with van der Waals surface area (Å²) in [6, 6.07) is 5.11. The maximum atomic E-state index is 13.5. The smallest absolute Gasteiger partial charge is 0.255 e. The number of sulfonamides is 1. The van der Waals surface area contributed by atoms with Crippen LogP contribution in [0.2, 0.25) is 0 Å². The number of likely N-dealkylation sites (tertiary alicyclic amines) is 1. The molecule has 1 amide bonds. The van der Waals surface area contributed by atoms with E-state index in [-0.39, 0.29) is 16.3 Å². The highest BCUT2D eigenvalue weighted by molar-refractivity contribution is 7.98. The number of hydrogen-bond donors (Lipinski definition) is 1. The van der Waals surface area contributed by atoms with Gasteiger partial charge in [-0.3, -0.25) is 4.79 Å². The van der Waals surface area contributed by atoms with Crippen LogP contribution in [0.15, 0.2) is 28.0 Å². The number of nitrogens with zero attached hydrogens (tertiary/aromatic N) is 1. The summed E-state index contributed by atoms with van der Waals surface area (Å²) in [4.78, 5) is 16.3. The molecule has 7 heteroatoms. The van der Waals surface area contributed by atoms with Gasteiger partial charge < -0.3 is 4.90 Å². The molecule has 1 aromatic carbocycles. The Morgan fingerprint density at radius 2 is 1.58 bits per heavy atom. The summed E-state index contributed by atoms with van der Waals surface area (Å²) in [5, 5.41) is 0. The Morgan fingerprint density at radius 3 is 2.13 bits per heavy atom. The van der Waals surface area contributed by atoms with E-state index in [9.17, 15) is 13.2 Å². The van der Waals surface area contributed by atoms with Gasteiger partial charge in [0.15, 0.2) is 0 Å². The highest BCUT2D eigenvalue weighted by Gasteiger charge is 2.52. The molecule has 0 aromatic heterocycles. The summed E-state index contributed by atoms with van der Waals surface area (Å²) >= 11 is 1.50. The first-order chi connectivity index (χ1) is 14.9. The molecule has 1 N–H and O–H groups in total. The van der Waals surface area contributed by atoms with Gasteiger partial charge in [0.2, 0.25) is 10.0 Å². The number of hydrogen-bond acceptors (Lipinski definition) is 4. The van der Waals surface area contributed by atoms with Gasteiger partial charge in [-0.2, -0.15) is 0 Å². The molecule has 31 heavy (non-hydrogen) atoms. The number of rotatable bonds is 5. The highest BCUT2D eigenvalue weighted by Crippen LogP contribution is 2.56. The second-order valence-corrected chi connectivity index (χ2v) is 12.9. The van der Waals surface area contributed by atoms with Crippen molar-refractivity contribution in [3.8, 4) is 0 Å². The number of benzene rings is 1. The predicted molar refractivity (Wildman–Crippen MR) is 124 cm³/mol. The van der Waals surface area contributed by atoms with Crippen LogP contribution in [-0.4, -0.2) is 44.1 Å². The first-order valence-corrected chi connectivity index (χ1v) is 14.6. The van der Waals surface area contributed by atoms with Crippen molar-refractivity contribution < 1.29 is 13.2 Å². The molecule has 0 radical (unpaired) electrons. The van der Waals surface area contributed by atoms with Crippen molar-refractivity contribution in [3.63, 3.8) is 0 Å². The van der Waals surface area contributed by atoms with E-state index in [2.05, 4.69) is 4.72 Å². The van der Waals surface area contributed by atoms with Crippen molar-refractivity contribution in [2.75, 3.05) is 19.3 Å². The molecule has 1 heterocycles. The highest BCUT2D eigenvalue weighted by atomic mass is 32.2. The van der Waals surface area contributed by atoms with Gasteiger partial charge in [0.05, 0.1) is 10.5 Å². The summed E-state index contributed by atoms with van der Waals surface area (Å²) < 4.78 is 30.1. The average Bonchev–Trinajstić information content (AvgIpc) is 3.00. The Kier molecular flexibility index (Phi) is 5.89. The van der Waals surface area contributed by atoms with Crippen LogP contribution in [0.25, 0.3) is 0 Å². The quantitative estimate of drug-likeness (QED) is 0.646. The van der Waals surface area contributed by atoms with E-state index >= 15 is 0 Å².